The average Bonchev–Trinajstić information content (AvgIpc) is 2.41. The molecule has 0 radical (unpaired) electrons. The number of ether oxygens (including phenoxy) is 1. The van der Waals surface area contributed by atoms with Gasteiger partial charge in [-0.25, -0.2) is 14.0 Å². The maximum absolute atomic E-state index is 13.0. The van der Waals surface area contributed by atoms with E-state index in [2.05, 4.69) is 10.6 Å². The van der Waals surface area contributed by atoms with E-state index in [-0.39, 0.29) is 6.54 Å². The van der Waals surface area contributed by atoms with Crippen LogP contribution in [0.1, 0.15) is 27.7 Å². The molecule has 6 nitrogen and oxygen atoms in total. The Kier molecular flexibility index (Phi) is 6.81. The molecule has 1 aromatic rings. The molecule has 0 aliphatic rings. The molecule has 0 bridgehead atoms. The lowest BCUT2D eigenvalue weighted by atomic mass is 10.2. The molecule has 0 atom stereocenters. The summed E-state index contributed by atoms with van der Waals surface area (Å²) in [6, 6.07) is 5.14. The lowest BCUT2D eigenvalue weighted by Crippen LogP contribution is -2.42. The molecule has 0 fully saturated rings. The Bertz CT molecular complexity index is 544. The van der Waals surface area contributed by atoms with Gasteiger partial charge in [0.2, 0.25) is 0 Å². The smallest absolute Gasteiger partial charge is 0.410 e. The molecule has 1 aromatic carbocycles. The van der Waals surface area contributed by atoms with E-state index in [1.807, 2.05) is 6.92 Å². The fourth-order valence-electron chi connectivity index (χ4n) is 1.75. The van der Waals surface area contributed by atoms with Gasteiger partial charge in [0.25, 0.3) is 0 Å². The summed E-state index contributed by atoms with van der Waals surface area (Å²) in [5.74, 6) is -0.426. The van der Waals surface area contributed by atoms with E-state index >= 15 is 0 Å². The molecule has 23 heavy (non-hydrogen) atoms. The summed E-state index contributed by atoms with van der Waals surface area (Å²) >= 11 is 0. The van der Waals surface area contributed by atoms with Gasteiger partial charge < -0.3 is 20.3 Å². The van der Waals surface area contributed by atoms with Crippen molar-refractivity contribution in [2.75, 3.05) is 25.0 Å². The van der Waals surface area contributed by atoms with Crippen LogP contribution in [0.25, 0.3) is 0 Å². The Hall–Kier alpha value is -2.31. The number of anilines is 1. The van der Waals surface area contributed by atoms with Crippen LogP contribution in [0, 0.1) is 5.82 Å². The average molecular weight is 325 g/mol. The molecule has 0 aromatic heterocycles. The first-order chi connectivity index (χ1) is 10.7. The van der Waals surface area contributed by atoms with Crippen LogP contribution in [-0.4, -0.2) is 42.3 Å². The molecule has 0 saturated heterocycles. The molecule has 0 saturated carbocycles. The third-order valence-corrected chi connectivity index (χ3v) is 2.78. The molecular formula is C16H24FN3O3. The van der Waals surface area contributed by atoms with E-state index in [0.717, 1.165) is 0 Å². The van der Waals surface area contributed by atoms with Crippen molar-refractivity contribution >= 4 is 17.8 Å². The molecule has 2 N–H and O–H groups in total. The highest BCUT2D eigenvalue weighted by atomic mass is 19.1. The van der Waals surface area contributed by atoms with Gasteiger partial charge in [0.05, 0.1) is 0 Å². The zero-order valence-electron chi connectivity index (χ0n) is 14.0. The highest BCUT2D eigenvalue weighted by Crippen LogP contribution is 2.10. The number of urea groups is 1. The van der Waals surface area contributed by atoms with E-state index in [4.69, 9.17) is 4.74 Å². The number of nitrogens with zero attached hydrogens (tertiary/aromatic N) is 1. The van der Waals surface area contributed by atoms with Crippen LogP contribution in [-0.2, 0) is 4.74 Å². The van der Waals surface area contributed by atoms with Gasteiger partial charge in [-0.1, -0.05) is 6.07 Å². The van der Waals surface area contributed by atoms with Crippen LogP contribution in [0.2, 0.25) is 0 Å². The van der Waals surface area contributed by atoms with E-state index in [1.165, 1.54) is 23.1 Å². The first-order valence-corrected chi connectivity index (χ1v) is 7.49. The van der Waals surface area contributed by atoms with Crippen molar-refractivity contribution in [3.63, 3.8) is 0 Å². The van der Waals surface area contributed by atoms with Gasteiger partial charge in [-0.2, -0.15) is 0 Å². The molecule has 0 aliphatic heterocycles. The van der Waals surface area contributed by atoms with Crippen LogP contribution in [0.4, 0.5) is 19.7 Å². The van der Waals surface area contributed by atoms with Crippen molar-refractivity contribution < 1.29 is 18.7 Å². The summed E-state index contributed by atoms with van der Waals surface area (Å²) in [6.45, 7) is 8.27. The molecule has 128 valence electrons. The minimum Gasteiger partial charge on any atom is -0.444 e. The summed E-state index contributed by atoms with van der Waals surface area (Å²) in [6.07, 6.45) is -0.424. The van der Waals surface area contributed by atoms with Gasteiger partial charge in [0.1, 0.15) is 11.4 Å². The van der Waals surface area contributed by atoms with Crippen molar-refractivity contribution in [3.8, 4) is 0 Å². The fourth-order valence-corrected chi connectivity index (χ4v) is 1.75. The second-order valence-electron chi connectivity index (χ2n) is 5.95. The highest BCUT2D eigenvalue weighted by molar-refractivity contribution is 5.89. The number of hydrogen-bond donors (Lipinski definition) is 2. The minimum absolute atomic E-state index is 0.258. The van der Waals surface area contributed by atoms with Crippen LogP contribution in [0.3, 0.4) is 0 Å². The monoisotopic (exact) mass is 325 g/mol. The van der Waals surface area contributed by atoms with Crippen LogP contribution in [0.15, 0.2) is 24.3 Å². The van der Waals surface area contributed by atoms with Gasteiger partial charge in [0, 0.05) is 25.3 Å². The zero-order valence-corrected chi connectivity index (χ0v) is 14.0. The van der Waals surface area contributed by atoms with Gasteiger partial charge in [-0.05, 0) is 45.9 Å². The van der Waals surface area contributed by atoms with Crippen LogP contribution < -0.4 is 10.6 Å². The minimum atomic E-state index is -0.563. The number of carbonyl (C=O) groups excluding carboxylic acids is 2. The van der Waals surface area contributed by atoms with Gasteiger partial charge in [-0.15, -0.1) is 0 Å². The second-order valence-corrected chi connectivity index (χ2v) is 5.95. The molecule has 0 spiro atoms. The maximum Gasteiger partial charge on any atom is 0.410 e. The quantitative estimate of drug-likeness (QED) is 0.873. The Morgan fingerprint density at radius 1 is 1.30 bits per heavy atom. The van der Waals surface area contributed by atoms with Crippen molar-refractivity contribution in [3.05, 3.63) is 30.1 Å². The third-order valence-electron chi connectivity index (χ3n) is 2.78. The first kappa shape index (κ1) is 18.7. The molecule has 7 heteroatoms. The second kappa shape index (κ2) is 8.36. The van der Waals surface area contributed by atoms with E-state index < -0.39 is 23.5 Å². The summed E-state index contributed by atoms with van der Waals surface area (Å²) in [5, 5.41) is 5.13. The number of rotatable bonds is 5. The van der Waals surface area contributed by atoms with Crippen molar-refractivity contribution in [1.29, 1.82) is 0 Å². The Balaban J connectivity index is 2.39. The van der Waals surface area contributed by atoms with Gasteiger partial charge >= 0.3 is 12.1 Å². The predicted octanol–water partition coefficient (Wildman–Crippen LogP) is 3.20. The SMILES string of the molecule is CCN(CCNC(=O)Nc1cccc(F)c1)C(=O)OC(C)(C)C. The van der Waals surface area contributed by atoms with Crippen LogP contribution >= 0.6 is 0 Å². The largest absolute Gasteiger partial charge is 0.444 e. The van der Waals surface area contributed by atoms with Crippen LogP contribution in [0.5, 0.6) is 0 Å². The van der Waals surface area contributed by atoms with E-state index in [0.29, 0.717) is 18.8 Å². The summed E-state index contributed by atoms with van der Waals surface area (Å²) in [4.78, 5) is 25.1. The number of amides is 3. The summed E-state index contributed by atoms with van der Waals surface area (Å²) in [7, 11) is 0. The third kappa shape index (κ3) is 7.49. The standard InChI is InChI=1S/C16H24FN3O3/c1-5-20(15(22)23-16(2,3)4)10-9-18-14(21)19-13-8-6-7-12(17)11-13/h6-8,11H,5,9-10H2,1-4H3,(H2,18,19,21). The first-order valence-electron chi connectivity index (χ1n) is 7.49. The topological polar surface area (TPSA) is 70.7 Å². The van der Waals surface area contributed by atoms with Gasteiger partial charge in [0.15, 0.2) is 0 Å². The highest BCUT2D eigenvalue weighted by Gasteiger charge is 2.20. The Morgan fingerprint density at radius 2 is 2.00 bits per heavy atom. The van der Waals surface area contributed by atoms with Crippen molar-refractivity contribution in [1.82, 2.24) is 10.2 Å². The number of likely N-dealkylation sites (N-methyl/N-ethyl adjacent to an activating group) is 1. The molecule has 0 unspecified atom stereocenters. The van der Waals surface area contributed by atoms with Crippen molar-refractivity contribution in [2.24, 2.45) is 0 Å². The maximum atomic E-state index is 13.0. The number of carbonyl (C=O) groups is 2. The zero-order chi connectivity index (χ0) is 17.5. The Morgan fingerprint density at radius 3 is 2.57 bits per heavy atom. The number of halogens is 1. The molecule has 3 amide bonds. The summed E-state index contributed by atoms with van der Waals surface area (Å²) < 4.78 is 18.3. The van der Waals surface area contributed by atoms with E-state index in [9.17, 15) is 14.0 Å². The predicted molar refractivity (Wildman–Crippen MR) is 86.9 cm³/mol. The number of nitrogens with one attached hydrogen (secondary N) is 2. The summed E-state index contributed by atoms with van der Waals surface area (Å²) in [5.41, 5.74) is -0.200. The van der Waals surface area contributed by atoms with Crippen molar-refractivity contribution in [2.45, 2.75) is 33.3 Å². The molecule has 0 aliphatic carbocycles. The number of benzene rings is 1. The fraction of sp³-hybridized carbons (Fsp3) is 0.500. The molecule has 1 rings (SSSR count). The Labute approximate surface area is 136 Å². The van der Waals surface area contributed by atoms with Gasteiger partial charge in [-0.3, -0.25) is 0 Å². The molecular weight excluding hydrogens is 301 g/mol. The lowest BCUT2D eigenvalue weighted by Gasteiger charge is -2.26. The van der Waals surface area contributed by atoms with E-state index in [1.54, 1.807) is 26.8 Å². The molecule has 0 heterocycles. The number of hydrogen-bond acceptors (Lipinski definition) is 3. The normalized spacial score (nSPS) is 10.8. The lowest BCUT2D eigenvalue weighted by molar-refractivity contribution is 0.0263.